The van der Waals surface area contributed by atoms with Crippen LogP contribution in [-0.4, -0.2) is 14.9 Å². The van der Waals surface area contributed by atoms with Gasteiger partial charge in [0.2, 0.25) is 5.82 Å². The van der Waals surface area contributed by atoms with E-state index in [-0.39, 0.29) is 11.5 Å². The predicted octanol–water partition coefficient (Wildman–Crippen LogP) is 1.96. The zero-order valence-corrected chi connectivity index (χ0v) is 8.74. The predicted molar refractivity (Wildman–Crippen MR) is 56.9 cm³/mol. The second-order valence-electron chi connectivity index (χ2n) is 3.52. The van der Waals surface area contributed by atoms with Gasteiger partial charge in [0.15, 0.2) is 0 Å². The first kappa shape index (κ1) is 10.1. The topological polar surface area (TPSA) is 95.6 Å². The van der Waals surface area contributed by atoms with Crippen molar-refractivity contribution in [3.63, 3.8) is 0 Å². The van der Waals surface area contributed by atoms with E-state index in [1.165, 1.54) is 0 Å². The van der Waals surface area contributed by atoms with Gasteiger partial charge in [0.1, 0.15) is 6.07 Å². The normalized spacial score (nSPS) is 10.3. The first-order valence-corrected chi connectivity index (χ1v) is 4.59. The molecule has 1 N–H and O–H groups in total. The molecular formula is C10H8N4O2. The fourth-order valence-electron chi connectivity index (χ4n) is 1.80. The van der Waals surface area contributed by atoms with Crippen molar-refractivity contribution in [2.75, 3.05) is 0 Å². The van der Waals surface area contributed by atoms with Crippen molar-refractivity contribution in [2.24, 2.45) is 0 Å². The van der Waals surface area contributed by atoms with Gasteiger partial charge in [0.05, 0.1) is 21.5 Å². The Kier molecular flexibility index (Phi) is 2.09. The van der Waals surface area contributed by atoms with Gasteiger partial charge in [-0.05, 0) is 19.9 Å². The second kappa shape index (κ2) is 3.31. The molecule has 0 saturated carbocycles. The molecule has 0 aliphatic rings. The molecule has 1 aromatic carbocycles. The molecular weight excluding hydrogens is 208 g/mol. The van der Waals surface area contributed by atoms with E-state index in [0.29, 0.717) is 22.2 Å². The molecule has 0 spiro atoms. The maximum absolute atomic E-state index is 10.9. The Morgan fingerprint density at radius 1 is 1.56 bits per heavy atom. The quantitative estimate of drug-likeness (QED) is 0.582. The fraction of sp³-hybridized carbons (Fsp3) is 0.200. The van der Waals surface area contributed by atoms with Gasteiger partial charge in [0.25, 0.3) is 5.69 Å². The van der Waals surface area contributed by atoms with Crippen LogP contribution in [0.15, 0.2) is 6.07 Å². The van der Waals surface area contributed by atoms with E-state index in [2.05, 4.69) is 9.97 Å². The SMILES string of the molecule is Cc1cc2[nH]c(C#N)nc2c(C)c1[N+](=O)[O-]. The van der Waals surface area contributed by atoms with Crippen LogP contribution in [0.1, 0.15) is 17.0 Å². The maximum Gasteiger partial charge on any atom is 0.277 e. The number of aromatic amines is 1. The minimum atomic E-state index is -0.426. The number of nitrogens with one attached hydrogen (secondary N) is 1. The first-order chi connectivity index (χ1) is 7.54. The molecule has 0 radical (unpaired) electrons. The highest BCUT2D eigenvalue weighted by Crippen LogP contribution is 2.29. The summed E-state index contributed by atoms with van der Waals surface area (Å²) in [5.41, 5.74) is 2.23. The number of aryl methyl sites for hydroxylation is 2. The number of benzene rings is 1. The Morgan fingerprint density at radius 3 is 2.81 bits per heavy atom. The zero-order chi connectivity index (χ0) is 11.9. The van der Waals surface area contributed by atoms with Crippen molar-refractivity contribution < 1.29 is 4.92 Å². The van der Waals surface area contributed by atoms with Crippen molar-refractivity contribution in [1.29, 1.82) is 5.26 Å². The van der Waals surface area contributed by atoms with E-state index < -0.39 is 4.92 Å². The number of nitrogens with zero attached hydrogens (tertiary/aromatic N) is 3. The summed E-state index contributed by atoms with van der Waals surface area (Å²) in [4.78, 5) is 17.2. The van der Waals surface area contributed by atoms with Crippen LogP contribution >= 0.6 is 0 Å². The van der Waals surface area contributed by atoms with Gasteiger partial charge in [-0.15, -0.1) is 0 Å². The highest BCUT2D eigenvalue weighted by molar-refractivity contribution is 5.84. The second-order valence-corrected chi connectivity index (χ2v) is 3.52. The number of hydrogen-bond acceptors (Lipinski definition) is 4. The Morgan fingerprint density at radius 2 is 2.25 bits per heavy atom. The van der Waals surface area contributed by atoms with Gasteiger partial charge in [0, 0.05) is 5.56 Å². The lowest BCUT2D eigenvalue weighted by Crippen LogP contribution is -1.95. The van der Waals surface area contributed by atoms with Crippen LogP contribution in [0, 0.1) is 35.3 Å². The van der Waals surface area contributed by atoms with Crippen LogP contribution in [0.25, 0.3) is 11.0 Å². The van der Waals surface area contributed by atoms with Crippen molar-refractivity contribution in [3.8, 4) is 6.07 Å². The van der Waals surface area contributed by atoms with Crippen molar-refractivity contribution >= 4 is 16.7 Å². The molecule has 0 unspecified atom stereocenters. The summed E-state index contributed by atoms with van der Waals surface area (Å²) in [5, 5.41) is 19.6. The van der Waals surface area contributed by atoms with E-state index in [1.807, 2.05) is 6.07 Å². The van der Waals surface area contributed by atoms with Crippen LogP contribution in [-0.2, 0) is 0 Å². The molecule has 1 heterocycles. The Hall–Kier alpha value is -2.42. The first-order valence-electron chi connectivity index (χ1n) is 4.59. The molecule has 2 rings (SSSR count). The van der Waals surface area contributed by atoms with E-state index in [9.17, 15) is 10.1 Å². The summed E-state index contributed by atoms with van der Waals surface area (Å²) >= 11 is 0. The molecule has 80 valence electrons. The third-order valence-corrected chi connectivity index (χ3v) is 2.47. The molecule has 0 fully saturated rings. The monoisotopic (exact) mass is 216 g/mol. The molecule has 0 aliphatic heterocycles. The van der Waals surface area contributed by atoms with E-state index in [1.54, 1.807) is 19.9 Å². The van der Waals surface area contributed by atoms with E-state index >= 15 is 0 Å². The standard InChI is InChI=1S/C10H8N4O2/c1-5-3-7-9(13-8(4-11)12-7)6(2)10(5)14(15)16/h3H,1-2H3,(H,12,13). The Labute approximate surface area is 90.7 Å². The molecule has 0 amide bonds. The number of fused-ring (bicyclic) bond motifs is 1. The van der Waals surface area contributed by atoms with Gasteiger partial charge in [-0.2, -0.15) is 5.26 Å². The van der Waals surface area contributed by atoms with Crippen LogP contribution in [0.4, 0.5) is 5.69 Å². The summed E-state index contributed by atoms with van der Waals surface area (Å²) in [6.07, 6.45) is 0. The molecule has 6 nitrogen and oxygen atoms in total. The maximum atomic E-state index is 10.9. The smallest absolute Gasteiger partial charge is 0.277 e. The van der Waals surface area contributed by atoms with Crippen molar-refractivity contribution in [2.45, 2.75) is 13.8 Å². The molecule has 0 atom stereocenters. The molecule has 0 aliphatic carbocycles. The summed E-state index contributed by atoms with van der Waals surface area (Å²) in [7, 11) is 0. The average Bonchev–Trinajstić information content (AvgIpc) is 2.60. The summed E-state index contributed by atoms with van der Waals surface area (Å²) in [5.74, 6) is 0.165. The number of imidazole rings is 1. The van der Waals surface area contributed by atoms with Crippen LogP contribution in [0.3, 0.4) is 0 Å². The Bertz CT molecular complexity index is 636. The van der Waals surface area contributed by atoms with E-state index in [4.69, 9.17) is 5.26 Å². The number of rotatable bonds is 1. The van der Waals surface area contributed by atoms with Crippen molar-refractivity contribution in [1.82, 2.24) is 9.97 Å². The number of nitriles is 1. The summed E-state index contributed by atoms with van der Waals surface area (Å²) in [6.45, 7) is 3.30. The number of hydrogen-bond donors (Lipinski definition) is 1. The highest BCUT2D eigenvalue weighted by atomic mass is 16.6. The lowest BCUT2D eigenvalue weighted by Gasteiger charge is -2.01. The average molecular weight is 216 g/mol. The minimum Gasteiger partial charge on any atom is -0.329 e. The van der Waals surface area contributed by atoms with Gasteiger partial charge in [-0.25, -0.2) is 4.98 Å². The molecule has 16 heavy (non-hydrogen) atoms. The van der Waals surface area contributed by atoms with Gasteiger partial charge in [-0.1, -0.05) is 0 Å². The highest BCUT2D eigenvalue weighted by Gasteiger charge is 2.19. The molecule has 0 bridgehead atoms. The summed E-state index contributed by atoms with van der Waals surface area (Å²) in [6, 6.07) is 3.51. The molecule has 0 saturated heterocycles. The number of H-pyrrole nitrogens is 1. The lowest BCUT2D eigenvalue weighted by molar-refractivity contribution is -0.385. The molecule has 1 aromatic heterocycles. The van der Waals surface area contributed by atoms with Crippen LogP contribution < -0.4 is 0 Å². The molecule has 6 heteroatoms. The Balaban J connectivity index is 2.88. The lowest BCUT2D eigenvalue weighted by atomic mass is 10.1. The van der Waals surface area contributed by atoms with Crippen LogP contribution in [0.2, 0.25) is 0 Å². The third-order valence-electron chi connectivity index (χ3n) is 2.47. The largest absolute Gasteiger partial charge is 0.329 e. The number of nitro groups is 1. The van der Waals surface area contributed by atoms with Crippen LogP contribution in [0.5, 0.6) is 0 Å². The van der Waals surface area contributed by atoms with E-state index in [0.717, 1.165) is 0 Å². The molecule has 2 aromatic rings. The summed E-state index contributed by atoms with van der Waals surface area (Å²) < 4.78 is 0. The minimum absolute atomic E-state index is 0.0588. The van der Waals surface area contributed by atoms with Gasteiger partial charge < -0.3 is 4.98 Å². The van der Waals surface area contributed by atoms with Crippen molar-refractivity contribution in [3.05, 3.63) is 33.1 Å². The zero-order valence-electron chi connectivity index (χ0n) is 8.74. The fourth-order valence-corrected chi connectivity index (χ4v) is 1.80. The third kappa shape index (κ3) is 1.30. The van der Waals surface area contributed by atoms with Gasteiger partial charge in [-0.3, -0.25) is 10.1 Å². The number of aromatic nitrogens is 2. The van der Waals surface area contributed by atoms with Gasteiger partial charge >= 0.3 is 0 Å². The number of nitro benzene ring substituents is 1.